The average molecular weight is 277 g/mol. The number of aromatic hydroxyl groups is 1. The predicted octanol–water partition coefficient (Wildman–Crippen LogP) is 3.10. The van der Waals surface area contributed by atoms with Gasteiger partial charge in [0.1, 0.15) is 5.75 Å². The van der Waals surface area contributed by atoms with Crippen molar-refractivity contribution in [2.24, 2.45) is 0 Å². The minimum atomic E-state index is 0.273. The van der Waals surface area contributed by atoms with Crippen LogP contribution in [0.2, 0.25) is 0 Å². The Hall–Kier alpha value is -1.88. The minimum absolute atomic E-state index is 0.273. The van der Waals surface area contributed by atoms with E-state index < -0.39 is 0 Å². The number of phenolic OH excluding ortho intramolecular Hbond substituents is 1. The molecule has 0 amide bonds. The monoisotopic (exact) mass is 277 g/mol. The second-order valence-electron chi connectivity index (χ2n) is 3.75. The van der Waals surface area contributed by atoms with Crippen LogP contribution in [0.5, 0.6) is 17.2 Å². The van der Waals surface area contributed by atoms with Gasteiger partial charge in [-0.3, -0.25) is 4.98 Å². The maximum absolute atomic E-state index is 9.72. The summed E-state index contributed by atoms with van der Waals surface area (Å²) in [4.78, 5) is 5.11. The Balaban J connectivity index is 2.18. The van der Waals surface area contributed by atoms with Gasteiger partial charge >= 0.3 is 0 Å². The Labute approximate surface area is 116 Å². The average Bonchev–Trinajstić information content (AvgIpc) is 2.45. The summed E-state index contributed by atoms with van der Waals surface area (Å²) in [5.74, 6) is 2.16. The van der Waals surface area contributed by atoms with Gasteiger partial charge in [-0.2, -0.15) is 0 Å². The first-order valence-corrected chi connectivity index (χ1v) is 6.71. The van der Waals surface area contributed by atoms with Gasteiger partial charge in [0.25, 0.3) is 0 Å². The van der Waals surface area contributed by atoms with Crippen molar-refractivity contribution in [1.29, 1.82) is 0 Å². The lowest BCUT2D eigenvalue weighted by Gasteiger charge is -2.11. The molecule has 1 N–H and O–H groups in total. The summed E-state index contributed by atoms with van der Waals surface area (Å²) < 4.78 is 10.6. The number of phenols is 1. The van der Waals surface area contributed by atoms with Crippen molar-refractivity contribution in [2.45, 2.75) is 10.6 Å². The third-order valence-electron chi connectivity index (χ3n) is 2.60. The molecule has 0 unspecified atom stereocenters. The molecular weight excluding hydrogens is 262 g/mol. The van der Waals surface area contributed by atoms with Crippen LogP contribution in [0.25, 0.3) is 0 Å². The fraction of sp³-hybridized carbons (Fsp3) is 0.214. The van der Waals surface area contributed by atoms with E-state index in [0.717, 1.165) is 10.6 Å². The molecule has 0 saturated heterocycles. The molecule has 19 heavy (non-hydrogen) atoms. The van der Waals surface area contributed by atoms with E-state index in [4.69, 9.17) is 9.47 Å². The fourth-order valence-corrected chi connectivity index (χ4v) is 2.57. The standard InChI is InChI=1S/C14H15NO3S/c1-17-12-7-8-15-10(14(12)18-2)9-19-13-6-4-3-5-11(13)16/h3-8,16H,9H2,1-2H3. The van der Waals surface area contributed by atoms with Gasteiger partial charge in [0.2, 0.25) is 0 Å². The first kappa shape index (κ1) is 13.5. The number of benzene rings is 1. The number of rotatable bonds is 5. The quantitative estimate of drug-likeness (QED) is 0.851. The van der Waals surface area contributed by atoms with Crippen molar-refractivity contribution in [3.05, 3.63) is 42.2 Å². The normalized spacial score (nSPS) is 10.2. The lowest BCUT2D eigenvalue weighted by molar-refractivity contribution is 0.350. The first-order valence-electron chi connectivity index (χ1n) is 5.73. The van der Waals surface area contributed by atoms with Gasteiger partial charge in [-0.05, 0) is 12.1 Å². The van der Waals surface area contributed by atoms with Crippen LogP contribution < -0.4 is 9.47 Å². The molecule has 2 rings (SSSR count). The number of hydrogen-bond acceptors (Lipinski definition) is 5. The van der Waals surface area contributed by atoms with Gasteiger partial charge in [0.05, 0.1) is 19.9 Å². The van der Waals surface area contributed by atoms with Crippen LogP contribution in [0.15, 0.2) is 41.4 Å². The summed E-state index contributed by atoms with van der Waals surface area (Å²) in [5, 5.41) is 9.72. The van der Waals surface area contributed by atoms with Gasteiger partial charge in [-0.1, -0.05) is 12.1 Å². The van der Waals surface area contributed by atoms with E-state index in [9.17, 15) is 5.11 Å². The van der Waals surface area contributed by atoms with E-state index >= 15 is 0 Å². The van der Waals surface area contributed by atoms with Crippen molar-refractivity contribution < 1.29 is 14.6 Å². The number of thioether (sulfide) groups is 1. The van der Waals surface area contributed by atoms with E-state index in [1.54, 1.807) is 38.6 Å². The Bertz CT molecular complexity index is 560. The van der Waals surface area contributed by atoms with Gasteiger partial charge in [0.15, 0.2) is 11.5 Å². The molecule has 1 heterocycles. The highest BCUT2D eigenvalue weighted by Crippen LogP contribution is 2.35. The van der Waals surface area contributed by atoms with Crippen LogP contribution >= 0.6 is 11.8 Å². The Morgan fingerprint density at radius 3 is 2.63 bits per heavy atom. The fourth-order valence-electron chi connectivity index (χ4n) is 1.68. The number of ether oxygens (including phenoxy) is 2. The molecule has 0 fully saturated rings. The summed E-state index contributed by atoms with van der Waals surface area (Å²) >= 11 is 1.50. The first-order chi connectivity index (χ1) is 9.26. The van der Waals surface area contributed by atoms with E-state index in [-0.39, 0.29) is 5.75 Å². The van der Waals surface area contributed by atoms with Crippen LogP contribution in [0.1, 0.15) is 5.69 Å². The number of nitrogens with zero attached hydrogens (tertiary/aromatic N) is 1. The van der Waals surface area contributed by atoms with Gasteiger partial charge in [-0.25, -0.2) is 0 Å². The molecule has 5 heteroatoms. The summed E-state index contributed by atoms with van der Waals surface area (Å²) in [6.07, 6.45) is 1.68. The molecule has 1 aromatic heterocycles. The van der Waals surface area contributed by atoms with Gasteiger partial charge in [0, 0.05) is 22.9 Å². The third kappa shape index (κ3) is 3.12. The molecular formula is C14H15NO3S. The number of aromatic nitrogens is 1. The molecule has 100 valence electrons. The van der Waals surface area contributed by atoms with Crippen LogP contribution in [0, 0.1) is 0 Å². The molecule has 0 spiro atoms. The van der Waals surface area contributed by atoms with Gasteiger partial charge < -0.3 is 14.6 Å². The van der Waals surface area contributed by atoms with Crippen molar-refractivity contribution >= 4 is 11.8 Å². The number of para-hydroxylation sites is 1. The Morgan fingerprint density at radius 2 is 1.95 bits per heavy atom. The number of pyridine rings is 1. The molecule has 0 bridgehead atoms. The van der Waals surface area contributed by atoms with Crippen LogP contribution in [-0.2, 0) is 5.75 Å². The smallest absolute Gasteiger partial charge is 0.183 e. The van der Waals surface area contributed by atoms with E-state index in [1.165, 1.54) is 11.8 Å². The maximum Gasteiger partial charge on any atom is 0.183 e. The Kier molecular flexibility index (Phi) is 4.52. The molecule has 0 aliphatic carbocycles. The largest absolute Gasteiger partial charge is 0.507 e. The highest BCUT2D eigenvalue weighted by molar-refractivity contribution is 7.98. The third-order valence-corrected chi connectivity index (χ3v) is 3.67. The highest BCUT2D eigenvalue weighted by Gasteiger charge is 2.12. The summed E-state index contributed by atoms with van der Waals surface area (Å²) in [6.45, 7) is 0. The van der Waals surface area contributed by atoms with E-state index in [1.807, 2.05) is 12.1 Å². The molecule has 0 aliphatic heterocycles. The SMILES string of the molecule is COc1ccnc(CSc2ccccc2O)c1OC. The maximum atomic E-state index is 9.72. The summed E-state index contributed by atoms with van der Waals surface area (Å²) in [6, 6.07) is 8.97. The lowest BCUT2D eigenvalue weighted by Crippen LogP contribution is -1.97. The second-order valence-corrected chi connectivity index (χ2v) is 4.77. The zero-order valence-corrected chi connectivity index (χ0v) is 11.6. The van der Waals surface area contributed by atoms with Crippen LogP contribution in [0.3, 0.4) is 0 Å². The molecule has 2 aromatic rings. The van der Waals surface area contributed by atoms with E-state index in [2.05, 4.69) is 4.98 Å². The van der Waals surface area contributed by atoms with Gasteiger partial charge in [-0.15, -0.1) is 11.8 Å². The highest BCUT2D eigenvalue weighted by atomic mass is 32.2. The lowest BCUT2D eigenvalue weighted by atomic mass is 10.3. The van der Waals surface area contributed by atoms with Crippen molar-refractivity contribution in [3.63, 3.8) is 0 Å². The summed E-state index contributed by atoms with van der Waals surface area (Å²) in [5.41, 5.74) is 0.787. The summed E-state index contributed by atoms with van der Waals surface area (Å²) in [7, 11) is 3.19. The molecule has 0 radical (unpaired) electrons. The van der Waals surface area contributed by atoms with Crippen molar-refractivity contribution in [1.82, 2.24) is 4.98 Å². The molecule has 0 atom stereocenters. The zero-order valence-electron chi connectivity index (χ0n) is 10.8. The molecule has 0 aliphatic rings. The van der Waals surface area contributed by atoms with Crippen LogP contribution in [0.4, 0.5) is 0 Å². The second kappa shape index (κ2) is 6.33. The van der Waals surface area contributed by atoms with E-state index in [0.29, 0.717) is 17.3 Å². The topological polar surface area (TPSA) is 51.6 Å². The predicted molar refractivity (Wildman–Crippen MR) is 75.0 cm³/mol. The minimum Gasteiger partial charge on any atom is -0.507 e. The number of methoxy groups -OCH3 is 2. The Morgan fingerprint density at radius 1 is 1.16 bits per heavy atom. The van der Waals surface area contributed by atoms with Crippen molar-refractivity contribution in [3.8, 4) is 17.2 Å². The number of hydrogen-bond donors (Lipinski definition) is 1. The van der Waals surface area contributed by atoms with Crippen molar-refractivity contribution in [2.75, 3.05) is 14.2 Å². The molecule has 0 saturated carbocycles. The van der Waals surface area contributed by atoms with Crippen LogP contribution in [-0.4, -0.2) is 24.3 Å². The molecule has 4 nitrogen and oxygen atoms in total. The zero-order chi connectivity index (χ0) is 13.7. The molecule has 1 aromatic carbocycles.